The van der Waals surface area contributed by atoms with Gasteiger partial charge in [0.05, 0.1) is 10.6 Å². The molecule has 0 aliphatic rings. The zero-order chi connectivity index (χ0) is 15.2. The van der Waals surface area contributed by atoms with E-state index in [0.29, 0.717) is 23.6 Å². The SMILES string of the molecule is CN(CCc1ccccc1C(=O)O)Cc1ccncc1Cl. The molecule has 0 radical (unpaired) electrons. The van der Waals surface area contributed by atoms with Crippen LogP contribution < -0.4 is 0 Å². The van der Waals surface area contributed by atoms with E-state index < -0.39 is 5.97 Å². The van der Waals surface area contributed by atoms with E-state index in [2.05, 4.69) is 9.88 Å². The average Bonchev–Trinajstić information content (AvgIpc) is 2.48. The van der Waals surface area contributed by atoms with E-state index >= 15 is 0 Å². The zero-order valence-electron chi connectivity index (χ0n) is 11.8. The van der Waals surface area contributed by atoms with Gasteiger partial charge < -0.3 is 10.0 Å². The number of hydrogen-bond donors (Lipinski definition) is 1. The molecule has 1 N–H and O–H groups in total. The molecule has 1 aromatic carbocycles. The Morgan fingerprint density at radius 3 is 2.76 bits per heavy atom. The zero-order valence-corrected chi connectivity index (χ0v) is 12.5. The quantitative estimate of drug-likeness (QED) is 0.891. The van der Waals surface area contributed by atoms with E-state index in [4.69, 9.17) is 16.7 Å². The minimum absolute atomic E-state index is 0.368. The largest absolute Gasteiger partial charge is 0.478 e. The Labute approximate surface area is 129 Å². The smallest absolute Gasteiger partial charge is 0.335 e. The summed E-state index contributed by atoms with van der Waals surface area (Å²) in [7, 11) is 1.99. The molecule has 110 valence electrons. The first-order chi connectivity index (χ1) is 10.1. The highest BCUT2D eigenvalue weighted by molar-refractivity contribution is 6.31. The van der Waals surface area contributed by atoms with Gasteiger partial charge in [-0.2, -0.15) is 0 Å². The van der Waals surface area contributed by atoms with Crippen LogP contribution in [0.25, 0.3) is 0 Å². The third kappa shape index (κ3) is 4.28. The van der Waals surface area contributed by atoms with Crippen LogP contribution in [0.2, 0.25) is 5.02 Å². The molecular formula is C16H17ClN2O2. The number of carboxylic acid groups (broad SMARTS) is 1. The summed E-state index contributed by atoms with van der Waals surface area (Å²) in [5, 5.41) is 9.81. The molecule has 0 bridgehead atoms. The van der Waals surface area contributed by atoms with Crippen molar-refractivity contribution in [1.82, 2.24) is 9.88 Å². The first-order valence-electron chi connectivity index (χ1n) is 6.66. The molecule has 1 aromatic heterocycles. The van der Waals surface area contributed by atoms with Gasteiger partial charge in [-0.15, -0.1) is 0 Å². The Morgan fingerprint density at radius 1 is 1.29 bits per heavy atom. The van der Waals surface area contributed by atoms with Gasteiger partial charge in [0.2, 0.25) is 0 Å². The van der Waals surface area contributed by atoms with Crippen molar-refractivity contribution in [3.63, 3.8) is 0 Å². The summed E-state index contributed by atoms with van der Waals surface area (Å²) < 4.78 is 0. The van der Waals surface area contributed by atoms with E-state index in [9.17, 15) is 4.79 Å². The molecule has 2 rings (SSSR count). The summed E-state index contributed by atoms with van der Waals surface area (Å²) in [4.78, 5) is 17.2. The van der Waals surface area contributed by atoms with Crippen molar-refractivity contribution in [2.45, 2.75) is 13.0 Å². The van der Waals surface area contributed by atoms with Crippen molar-refractivity contribution >= 4 is 17.6 Å². The van der Waals surface area contributed by atoms with Crippen molar-refractivity contribution in [1.29, 1.82) is 0 Å². The number of rotatable bonds is 6. The van der Waals surface area contributed by atoms with Gasteiger partial charge in [-0.1, -0.05) is 29.8 Å². The van der Waals surface area contributed by atoms with Crippen LogP contribution in [0, 0.1) is 0 Å². The Kier molecular flexibility index (Phi) is 5.31. The maximum Gasteiger partial charge on any atom is 0.335 e. The van der Waals surface area contributed by atoms with Crippen LogP contribution in [0.1, 0.15) is 21.5 Å². The van der Waals surface area contributed by atoms with Gasteiger partial charge in [-0.05, 0) is 36.7 Å². The number of hydrogen-bond acceptors (Lipinski definition) is 3. The van der Waals surface area contributed by atoms with Crippen LogP contribution in [0.4, 0.5) is 0 Å². The molecule has 0 aliphatic carbocycles. The summed E-state index contributed by atoms with van der Waals surface area (Å²) in [6.07, 6.45) is 4.03. The van der Waals surface area contributed by atoms with Gasteiger partial charge in [0.25, 0.3) is 0 Å². The summed E-state index contributed by atoms with van der Waals surface area (Å²) in [6, 6.07) is 8.99. The van der Waals surface area contributed by atoms with E-state index in [1.54, 1.807) is 24.5 Å². The molecule has 0 amide bonds. The molecule has 0 saturated carbocycles. The van der Waals surface area contributed by atoms with Crippen molar-refractivity contribution in [3.8, 4) is 0 Å². The number of carbonyl (C=O) groups is 1. The number of aromatic carboxylic acids is 1. The third-order valence-corrected chi connectivity index (χ3v) is 3.65. The number of aromatic nitrogens is 1. The minimum atomic E-state index is -0.884. The Balaban J connectivity index is 1.97. The number of likely N-dealkylation sites (N-methyl/N-ethyl adjacent to an activating group) is 1. The van der Waals surface area contributed by atoms with Crippen molar-refractivity contribution in [2.24, 2.45) is 0 Å². The minimum Gasteiger partial charge on any atom is -0.478 e. The van der Waals surface area contributed by atoms with Crippen molar-refractivity contribution in [3.05, 3.63) is 64.4 Å². The van der Waals surface area contributed by atoms with E-state index in [0.717, 1.165) is 17.7 Å². The number of benzene rings is 1. The number of halogens is 1. The molecule has 0 aliphatic heterocycles. The fraction of sp³-hybridized carbons (Fsp3) is 0.250. The fourth-order valence-electron chi connectivity index (χ4n) is 2.16. The highest BCUT2D eigenvalue weighted by Crippen LogP contribution is 2.16. The molecule has 0 spiro atoms. The van der Waals surface area contributed by atoms with Crippen molar-refractivity contribution in [2.75, 3.05) is 13.6 Å². The van der Waals surface area contributed by atoms with Crippen molar-refractivity contribution < 1.29 is 9.90 Å². The van der Waals surface area contributed by atoms with Crippen LogP contribution in [-0.2, 0) is 13.0 Å². The highest BCUT2D eigenvalue weighted by Gasteiger charge is 2.10. The predicted octanol–water partition coefficient (Wildman–Crippen LogP) is 3.11. The monoisotopic (exact) mass is 304 g/mol. The predicted molar refractivity (Wildman–Crippen MR) is 82.7 cm³/mol. The van der Waals surface area contributed by atoms with E-state index in [1.807, 2.05) is 25.2 Å². The maximum atomic E-state index is 11.2. The molecular weight excluding hydrogens is 288 g/mol. The first-order valence-corrected chi connectivity index (χ1v) is 7.04. The molecule has 0 atom stereocenters. The van der Waals surface area contributed by atoms with Gasteiger partial charge in [-0.25, -0.2) is 4.79 Å². The molecule has 2 aromatic rings. The molecule has 0 saturated heterocycles. The molecule has 1 heterocycles. The average molecular weight is 305 g/mol. The Hall–Kier alpha value is -1.91. The summed E-state index contributed by atoms with van der Waals surface area (Å²) in [6.45, 7) is 1.46. The number of carboxylic acids is 1. The number of nitrogens with zero attached hydrogens (tertiary/aromatic N) is 2. The lowest BCUT2D eigenvalue weighted by Crippen LogP contribution is -2.21. The number of pyridine rings is 1. The van der Waals surface area contributed by atoms with Crippen LogP contribution in [0.15, 0.2) is 42.7 Å². The summed E-state index contributed by atoms with van der Waals surface area (Å²) in [5.74, 6) is -0.884. The summed E-state index contributed by atoms with van der Waals surface area (Å²) >= 11 is 6.09. The van der Waals surface area contributed by atoms with Gasteiger partial charge in [0, 0.05) is 25.5 Å². The second-order valence-electron chi connectivity index (χ2n) is 4.92. The van der Waals surface area contributed by atoms with E-state index in [-0.39, 0.29) is 0 Å². The second kappa shape index (κ2) is 7.20. The van der Waals surface area contributed by atoms with Gasteiger partial charge in [0.1, 0.15) is 0 Å². The van der Waals surface area contributed by atoms with Crippen LogP contribution >= 0.6 is 11.6 Å². The molecule has 5 heteroatoms. The normalized spacial score (nSPS) is 10.8. The molecule has 4 nitrogen and oxygen atoms in total. The topological polar surface area (TPSA) is 53.4 Å². The molecule has 0 unspecified atom stereocenters. The Morgan fingerprint density at radius 2 is 2.05 bits per heavy atom. The molecule has 21 heavy (non-hydrogen) atoms. The lowest BCUT2D eigenvalue weighted by atomic mass is 10.0. The lowest BCUT2D eigenvalue weighted by Gasteiger charge is -2.17. The summed E-state index contributed by atoms with van der Waals surface area (Å²) in [5.41, 5.74) is 2.23. The fourth-order valence-corrected chi connectivity index (χ4v) is 2.34. The highest BCUT2D eigenvalue weighted by atomic mass is 35.5. The van der Waals surface area contributed by atoms with Gasteiger partial charge in [-0.3, -0.25) is 4.98 Å². The lowest BCUT2D eigenvalue weighted by molar-refractivity contribution is 0.0695. The first kappa shape index (κ1) is 15.5. The van der Waals surface area contributed by atoms with Crippen LogP contribution in [0.5, 0.6) is 0 Å². The Bertz CT molecular complexity index is 631. The van der Waals surface area contributed by atoms with Crippen LogP contribution in [0.3, 0.4) is 0 Å². The molecule has 0 fully saturated rings. The van der Waals surface area contributed by atoms with Gasteiger partial charge >= 0.3 is 5.97 Å². The van der Waals surface area contributed by atoms with E-state index in [1.165, 1.54) is 0 Å². The second-order valence-corrected chi connectivity index (χ2v) is 5.32. The van der Waals surface area contributed by atoms with Gasteiger partial charge in [0.15, 0.2) is 0 Å². The maximum absolute atomic E-state index is 11.2. The standard InChI is InChI=1S/C16H17ClN2O2/c1-19(11-13-6-8-18-10-15(13)17)9-7-12-4-2-3-5-14(12)16(20)21/h2-6,8,10H,7,9,11H2,1H3,(H,20,21). The third-order valence-electron chi connectivity index (χ3n) is 3.31. The van der Waals surface area contributed by atoms with Crippen LogP contribution in [-0.4, -0.2) is 34.6 Å².